The van der Waals surface area contributed by atoms with Crippen LogP contribution < -0.4 is 0 Å². The van der Waals surface area contributed by atoms with Crippen LogP contribution in [-0.4, -0.2) is 26.3 Å². The lowest BCUT2D eigenvalue weighted by molar-refractivity contribution is -0.141. The molecule has 0 saturated heterocycles. The second-order valence-corrected chi connectivity index (χ2v) is 2.37. The number of carbonyl (C=O) groups excluding carboxylic acids is 1. The summed E-state index contributed by atoms with van der Waals surface area (Å²) in [6.45, 7) is 4.72. The molecule has 0 unspecified atom stereocenters. The van der Waals surface area contributed by atoms with Crippen molar-refractivity contribution in [3.63, 3.8) is 0 Å². The smallest absolute Gasteiger partial charge is 0.307 e. The molecule has 0 aromatic heterocycles. The van der Waals surface area contributed by atoms with Gasteiger partial charge in [0.1, 0.15) is 0 Å². The third-order valence-corrected chi connectivity index (χ3v) is 1.38. The first kappa shape index (κ1) is 11.2. The molecule has 3 heteroatoms. The molecular weight excluding hydrogens is 156 g/mol. The van der Waals surface area contributed by atoms with Gasteiger partial charge in [0.25, 0.3) is 0 Å². The van der Waals surface area contributed by atoms with Crippen LogP contribution in [0.3, 0.4) is 0 Å². The van der Waals surface area contributed by atoms with Gasteiger partial charge in [-0.1, -0.05) is 6.08 Å². The summed E-state index contributed by atoms with van der Waals surface area (Å²) >= 11 is 0. The van der Waals surface area contributed by atoms with Gasteiger partial charge in [-0.2, -0.15) is 0 Å². The number of hydrogen-bond donors (Lipinski definition) is 0. The predicted octanol–water partition coefficient (Wildman–Crippen LogP) is 1.53. The Morgan fingerprint density at radius 3 is 2.83 bits per heavy atom. The van der Waals surface area contributed by atoms with E-state index in [4.69, 9.17) is 4.74 Å². The van der Waals surface area contributed by atoms with Crippen LogP contribution in [0.4, 0.5) is 0 Å². The Labute approximate surface area is 73.4 Å². The summed E-state index contributed by atoms with van der Waals surface area (Å²) in [7, 11) is 1.38. The lowest BCUT2D eigenvalue weighted by atomic mass is 10.3. The topological polar surface area (TPSA) is 35.5 Å². The van der Waals surface area contributed by atoms with Crippen LogP contribution in [0.2, 0.25) is 0 Å². The maximum atomic E-state index is 10.6. The van der Waals surface area contributed by atoms with Gasteiger partial charge >= 0.3 is 5.97 Å². The van der Waals surface area contributed by atoms with Crippen molar-refractivity contribution in [3.05, 3.63) is 12.7 Å². The fraction of sp³-hybridized carbons (Fsp3) is 0.667. The molecule has 0 bridgehead atoms. The SMILES string of the molecule is C=CCCCOCCC(=O)OC. The Hall–Kier alpha value is -0.830. The average molecular weight is 172 g/mol. The molecule has 0 aliphatic rings. The van der Waals surface area contributed by atoms with E-state index in [9.17, 15) is 4.79 Å². The third-order valence-electron chi connectivity index (χ3n) is 1.38. The number of ether oxygens (including phenoxy) is 2. The van der Waals surface area contributed by atoms with Gasteiger partial charge < -0.3 is 9.47 Å². The Balaban J connectivity index is 3.00. The van der Waals surface area contributed by atoms with E-state index in [2.05, 4.69) is 11.3 Å². The second-order valence-electron chi connectivity index (χ2n) is 2.37. The Morgan fingerprint density at radius 2 is 2.25 bits per heavy atom. The predicted molar refractivity (Wildman–Crippen MR) is 46.9 cm³/mol. The van der Waals surface area contributed by atoms with Crippen molar-refractivity contribution in [3.8, 4) is 0 Å². The van der Waals surface area contributed by atoms with Crippen molar-refractivity contribution in [2.75, 3.05) is 20.3 Å². The zero-order chi connectivity index (χ0) is 9.23. The number of unbranched alkanes of at least 4 members (excludes halogenated alkanes) is 1. The van der Waals surface area contributed by atoms with Crippen molar-refractivity contribution in [2.45, 2.75) is 19.3 Å². The van der Waals surface area contributed by atoms with Crippen LogP contribution in [0, 0.1) is 0 Å². The first-order valence-electron chi connectivity index (χ1n) is 4.06. The highest BCUT2D eigenvalue weighted by atomic mass is 16.5. The molecule has 0 aromatic rings. The van der Waals surface area contributed by atoms with E-state index in [0.717, 1.165) is 12.8 Å². The van der Waals surface area contributed by atoms with E-state index in [-0.39, 0.29) is 5.97 Å². The molecule has 0 rings (SSSR count). The summed E-state index contributed by atoms with van der Waals surface area (Å²) in [6.07, 6.45) is 4.11. The van der Waals surface area contributed by atoms with Gasteiger partial charge in [-0.05, 0) is 12.8 Å². The van der Waals surface area contributed by atoms with Crippen molar-refractivity contribution in [1.82, 2.24) is 0 Å². The zero-order valence-electron chi connectivity index (χ0n) is 7.54. The van der Waals surface area contributed by atoms with Gasteiger partial charge in [-0.15, -0.1) is 6.58 Å². The molecule has 0 aromatic carbocycles. The van der Waals surface area contributed by atoms with Crippen molar-refractivity contribution >= 4 is 5.97 Å². The average Bonchev–Trinajstić information content (AvgIpc) is 2.10. The molecule has 0 amide bonds. The van der Waals surface area contributed by atoms with Crippen LogP contribution in [0.15, 0.2) is 12.7 Å². The summed E-state index contributed by atoms with van der Waals surface area (Å²) in [6, 6.07) is 0. The molecule has 12 heavy (non-hydrogen) atoms. The highest BCUT2D eigenvalue weighted by Gasteiger charge is 1.98. The molecule has 0 atom stereocenters. The number of esters is 1. The molecule has 0 saturated carbocycles. The molecule has 0 aliphatic carbocycles. The fourth-order valence-corrected chi connectivity index (χ4v) is 0.689. The van der Waals surface area contributed by atoms with Crippen LogP contribution >= 0.6 is 0 Å². The summed E-state index contributed by atoms with van der Waals surface area (Å²) in [5.74, 6) is -0.223. The highest BCUT2D eigenvalue weighted by molar-refractivity contribution is 5.69. The zero-order valence-corrected chi connectivity index (χ0v) is 7.54. The van der Waals surface area contributed by atoms with Gasteiger partial charge in [0.15, 0.2) is 0 Å². The maximum Gasteiger partial charge on any atom is 0.307 e. The highest BCUT2D eigenvalue weighted by Crippen LogP contribution is 1.92. The molecule has 3 nitrogen and oxygen atoms in total. The fourth-order valence-electron chi connectivity index (χ4n) is 0.689. The van der Waals surface area contributed by atoms with Crippen LogP contribution in [0.25, 0.3) is 0 Å². The van der Waals surface area contributed by atoms with Crippen molar-refractivity contribution < 1.29 is 14.3 Å². The molecular formula is C9H16O3. The standard InChI is InChI=1S/C9H16O3/c1-3-4-5-7-12-8-6-9(10)11-2/h3H,1,4-8H2,2H3. The van der Waals surface area contributed by atoms with Gasteiger partial charge in [-0.3, -0.25) is 4.79 Å². The molecule has 70 valence electrons. The van der Waals surface area contributed by atoms with Crippen molar-refractivity contribution in [2.24, 2.45) is 0 Å². The van der Waals surface area contributed by atoms with E-state index in [1.807, 2.05) is 6.08 Å². The number of carbonyl (C=O) groups is 1. The van der Waals surface area contributed by atoms with Crippen molar-refractivity contribution in [1.29, 1.82) is 0 Å². The summed E-state index contributed by atoms with van der Waals surface area (Å²) in [5.41, 5.74) is 0. The quantitative estimate of drug-likeness (QED) is 0.332. The molecule has 0 spiro atoms. The van der Waals surface area contributed by atoms with Gasteiger partial charge in [0.05, 0.1) is 20.1 Å². The normalized spacial score (nSPS) is 9.42. The number of methoxy groups -OCH3 is 1. The number of allylic oxidation sites excluding steroid dienone is 1. The summed E-state index contributed by atoms with van der Waals surface area (Å²) in [4.78, 5) is 10.6. The molecule has 0 heterocycles. The van der Waals surface area contributed by atoms with E-state index in [1.165, 1.54) is 7.11 Å². The molecule has 0 aliphatic heterocycles. The lowest BCUT2D eigenvalue weighted by Crippen LogP contribution is -2.06. The molecule has 0 radical (unpaired) electrons. The second kappa shape index (κ2) is 8.27. The number of rotatable bonds is 7. The van der Waals surface area contributed by atoms with E-state index in [1.54, 1.807) is 0 Å². The van der Waals surface area contributed by atoms with Gasteiger partial charge in [0, 0.05) is 6.61 Å². The Morgan fingerprint density at radius 1 is 1.50 bits per heavy atom. The largest absolute Gasteiger partial charge is 0.469 e. The van der Waals surface area contributed by atoms with E-state index < -0.39 is 0 Å². The Kier molecular flexibility index (Phi) is 7.70. The summed E-state index contributed by atoms with van der Waals surface area (Å²) in [5, 5.41) is 0. The summed E-state index contributed by atoms with van der Waals surface area (Å²) < 4.78 is 9.60. The van der Waals surface area contributed by atoms with Crippen LogP contribution in [0.1, 0.15) is 19.3 Å². The van der Waals surface area contributed by atoms with E-state index >= 15 is 0 Å². The van der Waals surface area contributed by atoms with Gasteiger partial charge in [0.2, 0.25) is 0 Å². The third kappa shape index (κ3) is 7.28. The lowest BCUT2D eigenvalue weighted by Gasteiger charge is -2.01. The Bertz CT molecular complexity index is 132. The minimum Gasteiger partial charge on any atom is -0.469 e. The van der Waals surface area contributed by atoms with Gasteiger partial charge in [-0.25, -0.2) is 0 Å². The number of hydrogen-bond acceptors (Lipinski definition) is 3. The molecule has 0 fully saturated rings. The van der Waals surface area contributed by atoms with Crippen LogP contribution in [-0.2, 0) is 14.3 Å². The minimum atomic E-state index is -0.223. The molecule has 0 N–H and O–H groups in total. The first-order chi connectivity index (χ1) is 5.81. The minimum absolute atomic E-state index is 0.223. The monoisotopic (exact) mass is 172 g/mol. The van der Waals surface area contributed by atoms with E-state index in [0.29, 0.717) is 19.6 Å². The maximum absolute atomic E-state index is 10.6. The first-order valence-corrected chi connectivity index (χ1v) is 4.06. The van der Waals surface area contributed by atoms with Crippen LogP contribution in [0.5, 0.6) is 0 Å².